The van der Waals surface area contributed by atoms with Crippen LogP contribution in [0.5, 0.6) is 0 Å². The predicted molar refractivity (Wildman–Crippen MR) is 241 cm³/mol. The summed E-state index contributed by atoms with van der Waals surface area (Å²) in [5.74, 6) is 0.558. The zero-order valence-electron chi connectivity index (χ0n) is 32.1. The number of benzene rings is 9. The molecule has 9 aromatic carbocycles. The van der Waals surface area contributed by atoms with Gasteiger partial charge < -0.3 is 9.32 Å². The molecule has 0 aliphatic heterocycles. The number of hydrogen-bond acceptors (Lipinski definition) is 2. The topological polar surface area (TPSA) is 16.4 Å². The Bertz CT molecular complexity index is 3260. The van der Waals surface area contributed by atoms with Crippen molar-refractivity contribution >= 4 is 60.5 Å². The summed E-state index contributed by atoms with van der Waals surface area (Å²) in [6.07, 6.45) is 5.06. The highest BCUT2D eigenvalue weighted by Crippen LogP contribution is 2.63. The van der Waals surface area contributed by atoms with Gasteiger partial charge in [-0.05, 0) is 116 Å². The molecule has 1 saturated carbocycles. The minimum atomic E-state index is -0.437. The molecule has 274 valence electrons. The molecule has 13 rings (SSSR count). The van der Waals surface area contributed by atoms with Crippen LogP contribution >= 0.6 is 0 Å². The van der Waals surface area contributed by atoms with Crippen molar-refractivity contribution in [3.63, 3.8) is 0 Å². The molecule has 1 fully saturated rings. The normalized spacial score (nSPS) is 15.0. The number of nitrogens with zero attached hydrogens (tertiary/aromatic N) is 1. The van der Waals surface area contributed by atoms with E-state index in [2.05, 4.69) is 187 Å². The first-order valence-corrected chi connectivity index (χ1v) is 20.9. The average Bonchev–Trinajstić information content (AvgIpc) is 4.08. The molecule has 0 N–H and O–H groups in total. The molecule has 58 heavy (non-hydrogen) atoms. The zero-order chi connectivity index (χ0) is 38.0. The van der Waals surface area contributed by atoms with Gasteiger partial charge in [0.25, 0.3) is 0 Å². The van der Waals surface area contributed by atoms with E-state index in [1.807, 2.05) is 0 Å². The van der Waals surface area contributed by atoms with Gasteiger partial charge >= 0.3 is 0 Å². The lowest BCUT2D eigenvalue weighted by Crippen LogP contribution is -2.26. The molecular weight excluding hydrogens is 703 g/mol. The van der Waals surface area contributed by atoms with Crippen molar-refractivity contribution in [3.8, 4) is 22.3 Å². The van der Waals surface area contributed by atoms with Crippen LogP contribution in [0, 0.1) is 0 Å². The molecule has 1 spiro atoms. The minimum absolute atomic E-state index is 0.437. The first-order chi connectivity index (χ1) is 28.8. The quantitative estimate of drug-likeness (QED) is 0.179. The van der Waals surface area contributed by atoms with Crippen LogP contribution in [0.2, 0.25) is 0 Å². The van der Waals surface area contributed by atoms with Gasteiger partial charge in [0.05, 0.1) is 11.1 Å². The maximum Gasteiger partial charge on any atom is 0.143 e. The Morgan fingerprint density at radius 2 is 1.03 bits per heavy atom. The lowest BCUT2D eigenvalue weighted by molar-refractivity contribution is 0.670. The summed E-state index contributed by atoms with van der Waals surface area (Å²) in [6, 6.07) is 68.2. The third kappa shape index (κ3) is 4.27. The molecule has 0 amide bonds. The van der Waals surface area contributed by atoms with E-state index in [1.165, 1.54) is 103 Å². The maximum atomic E-state index is 6.88. The van der Waals surface area contributed by atoms with Crippen molar-refractivity contribution in [3.05, 3.63) is 210 Å². The number of rotatable bonds is 4. The van der Waals surface area contributed by atoms with Crippen molar-refractivity contribution < 1.29 is 4.42 Å². The van der Waals surface area contributed by atoms with Crippen molar-refractivity contribution in [2.75, 3.05) is 4.90 Å². The summed E-state index contributed by atoms with van der Waals surface area (Å²) in [5, 5.41) is 7.23. The fraction of sp³-hybridized carbons (Fsp3) is 0.107. The summed E-state index contributed by atoms with van der Waals surface area (Å²) in [6.45, 7) is 0. The van der Waals surface area contributed by atoms with Crippen molar-refractivity contribution in [2.45, 2.75) is 37.0 Å². The van der Waals surface area contributed by atoms with Gasteiger partial charge in [0.2, 0.25) is 0 Å². The molecule has 0 radical (unpaired) electrons. The van der Waals surface area contributed by atoms with Crippen LogP contribution in [0.15, 0.2) is 186 Å². The summed E-state index contributed by atoms with van der Waals surface area (Å²) in [7, 11) is 0. The van der Waals surface area contributed by atoms with Gasteiger partial charge in [0.1, 0.15) is 11.2 Å². The third-order valence-electron chi connectivity index (χ3n) is 13.8. The first kappa shape index (κ1) is 32.2. The maximum absolute atomic E-state index is 6.88. The van der Waals surface area contributed by atoms with E-state index in [9.17, 15) is 0 Å². The van der Waals surface area contributed by atoms with E-state index in [1.54, 1.807) is 0 Å². The largest absolute Gasteiger partial charge is 0.455 e. The fourth-order valence-corrected chi connectivity index (χ4v) is 11.4. The Morgan fingerprint density at radius 1 is 0.448 bits per heavy atom. The molecule has 0 atom stereocenters. The molecule has 2 nitrogen and oxygen atoms in total. The second-order valence-electron chi connectivity index (χ2n) is 16.6. The Labute approximate surface area is 337 Å². The van der Waals surface area contributed by atoms with Crippen molar-refractivity contribution in [2.24, 2.45) is 0 Å². The third-order valence-corrected chi connectivity index (χ3v) is 13.8. The summed E-state index contributed by atoms with van der Waals surface area (Å²) >= 11 is 0. The van der Waals surface area contributed by atoms with Crippen LogP contribution in [0.1, 0.15) is 59.4 Å². The lowest BCUT2D eigenvalue weighted by atomic mass is 9.70. The molecule has 10 aromatic rings. The van der Waals surface area contributed by atoms with Crippen LogP contribution in [-0.2, 0) is 5.41 Å². The smallest absolute Gasteiger partial charge is 0.143 e. The van der Waals surface area contributed by atoms with Crippen LogP contribution in [0.4, 0.5) is 17.1 Å². The number of hydrogen-bond donors (Lipinski definition) is 0. The second kappa shape index (κ2) is 12.1. The van der Waals surface area contributed by atoms with Crippen molar-refractivity contribution in [1.82, 2.24) is 0 Å². The molecule has 1 heterocycles. The highest BCUT2D eigenvalue weighted by Gasteiger charge is 2.51. The molecule has 1 aromatic heterocycles. The molecule has 2 heteroatoms. The van der Waals surface area contributed by atoms with Gasteiger partial charge in [-0.3, -0.25) is 0 Å². The minimum Gasteiger partial charge on any atom is -0.455 e. The highest BCUT2D eigenvalue weighted by molar-refractivity contribution is 6.20. The molecular formula is C56H39NO. The number of fused-ring (bicyclic) bond motifs is 16. The molecule has 0 bridgehead atoms. The van der Waals surface area contributed by atoms with Gasteiger partial charge in [0.15, 0.2) is 0 Å². The van der Waals surface area contributed by atoms with Crippen LogP contribution in [0.3, 0.4) is 0 Å². The Morgan fingerprint density at radius 3 is 1.76 bits per heavy atom. The molecule has 3 aliphatic carbocycles. The van der Waals surface area contributed by atoms with Crippen LogP contribution in [-0.4, -0.2) is 0 Å². The average molecular weight is 742 g/mol. The highest BCUT2D eigenvalue weighted by atomic mass is 16.3. The lowest BCUT2D eigenvalue weighted by Gasteiger charge is -2.32. The van der Waals surface area contributed by atoms with Gasteiger partial charge in [-0.25, -0.2) is 0 Å². The van der Waals surface area contributed by atoms with E-state index >= 15 is 0 Å². The Kier molecular flexibility index (Phi) is 6.69. The van der Waals surface area contributed by atoms with Gasteiger partial charge in [0, 0.05) is 32.9 Å². The van der Waals surface area contributed by atoms with Gasteiger partial charge in [-0.15, -0.1) is 0 Å². The van der Waals surface area contributed by atoms with E-state index in [0.717, 1.165) is 33.6 Å². The van der Waals surface area contributed by atoms with E-state index < -0.39 is 5.41 Å². The zero-order valence-corrected chi connectivity index (χ0v) is 32.1. The molecule has 0 unspecified atom stereocenters. The standard InChI is InChI=1S/C56H39NO/c1-4-17-37-32-38(29-28-35(37)14-1)57(52-34-47-54-40(36-15-2-3-16-36)23-13-27-53(54)58-55(47)46-22-6-5-21-45(46)52)39-30-31-44-43-20-9-12-26-50(43)56(51(44)33-39)48-24-10-7-18-41(48)42-19-8-11-25-49(42)56/h1,4-14,17-34,36H,2-3,15-16H2. The van der Waals surface area contributed by atoms with Gasteiger partial charge in [-0.1, -0.05) is 158 Å². The van der Waals surface area contributed by atoms with Gasteiger partial charge in [-0.2, -0.15) is 0 Å². The number of anilines is 3. The fourth-order valence-electron chi connectivity index (χ4n) is 11.4. The summed E-state index contributed by atoms with van der Waals surface area (Å²) in [4.78, 5) is 2.52. The Balaban J connectivity index is 1.13. The SMILES string of the molecule is c1ccc2c(c1)-c1ccccc1C21c2ccccc2-c2ccc(N(c3ccc4ccccc4c3)c3cc4c(oc5cccc(C6CCCC6)c54)c4ccccc34)cc21. The van der Waals surface area contributed by atoms with Crippen molar-refractivity contribution in [1.29, 1.82) is 0 Å². The molecule has 0 saturated heterocycles. The molecule has 3 aliphatic rings. The first-order valence-electron chi connectivity index (χ1n) is 20.9. The van der Waals surface area contributed by atoms with E-state index in [0.29, 0.717) is 5.92 Å². The van der Waals surface area contributed by atoms with Crippen LogP contribution < -0.4 is 4.90 Å². The summed E-state index contributed by atoms with van der Waals surface area (Å²) in [5.41, 5.74) is 17.0. The summed E-state index contributed by atoms with van der Waals surface area (Å²) < 4.78 is 6.88. The second-order valence-corrected chi connectivity index (χ2v) is 16.6. The van der Waals surface area contributed by atoms with E-state index in [-0.39, 0.29) is 0 Å². The van der Waals surface area contributed by atoms with E-state index in [4.69, 9.17) is 4.42 Å². The van der Waals surface area contributed by atoms with Crippen LogP contribution in [0.25, 0.3) is 65.7 Å². The Hall–Kier alpha value is -6.90. The number of furan rings is 1. The predicted octanol–water partition coefficient (Wildman–Crippen LogP) is 15.4. The monoisotopic (exact) mass is 741 g/mol.